The maximum atomic E-state index is 2.52. The van der Waals surface area contributed by atoms with Gasteiger partial charge in [0.15, 0.2) is 0 Å². The smallest absolute Gasteiger partial charge is 0.0165 e. The third-order valence-electron chi connectivity index (χ3n) is 12.8. The van der Waals surface area contributed by atoms with E-state index in [1.807, 2.05) is 0 Å². The van der Waals surface area contributed by atoms with Crippen molar-refractivity contribution in [1.82, 2.24) is 0 Å². The largest absolute Gasteiger partial charge is 0.0622 e. The van der Waals surface area contributed by atoms with Gasteiger partial charge in [-0.25, -0.2) is 0 Å². The summed E-state index contributed by atoms with van der Waals surface area (Å²) in [7, 11) is 0. The van der Waals surface area contributed by atoms with Crippen molar-refractivity contribution < 1.29 is 0 Å². The average molecular weight is 689 g/mol. The monoisotopic (exact) mass is 688 g/mol. The number of rotatable bonds is 3. The summed E-state index contributed by atoms with van der Waals surface area (Å²) >= 11 is 0. The highest BCUT2D eigenvalue weighted by Crippen LogP contribution is 2.59. The highest BCUT2D eigenvalue weighted by molar-refractivity contribution is 6.22. The Hall–Kier alpha value is -6.24. The lowest BCUT2D eigenvalue weighted by Crippen LogP contribution is -2.18. The van der Waals surface area contributed by atoms with Gasteiger partial charge in [0.25, 0.3) is 0 Å². The molecule has 11 rings (SSSR count). The third kappa shape index (κ3) is 4.26. The Morgan fingerprint density at radius 2 is 0.815 bits per heavy atom. The first-order chi connectivity index (χ1) is 26.3. The van der Waals surface area contributed by atoms with E-state index in [9.17, 15) is 0 Å². The number of hydrogen-bond donors (Lipinski definition) is 0. The van der Waals surface area contributed by atoms with Crippen LogP contribution in [0.25, 0.3) is 88.0 Å². The molecule has 0 fully saturated rings. The molecule has 0 nitrogen and oxygen atoms in total. The zero-order valence-electron chi connectivity index (χ0n) is 31.2. The molecule has 0 atom stereocenters. The van der Waals surface area contributed by atoms with E-state index in [1.54, 1.807) is 0 Å². The Kier molecular flexibility index (Phi) is 6.46. The van der Waals surface area contributed by atoms with E-state index in [2.05, 4.69) is 198 Å². The minimum atomic E-state index is -0.156. The van der Waals surface area contributed by atoms with Gasteiger partial charge in [-0.1, -0.05) is 179 Å². The van der Waals surface area contributed by atoms with Crippen LogP contribution in [-0.2, 0) is 10.8 Å². The van der Waals surface area contributed by atoms with Crippen LogP contribution in [0.3, 0.4) is 0 Å². The molecule has 2 aliphatic rings. The number of fused-ring (bicyclic) bond motifs is 10. The first-order valence-corrected chi connectivity index (χ1v) is 19.3. The Labute approximate surface area is 317 Å². The van der Waals surface area contributed by atoms with E-state index in [0.29, 0.717) is 0 Å². The predicted molar refractivity (Wildman–Crippen MR) is 230 cm³/mol. The highest BCUT2D eigenvalue weighted by Gasteiger charge is 2.44. The lowest BCUT2D eigenvalue weighted by molar-refractivity contribution is 0.647. The van der Waals surface area contributed by atoms with Crippen molar-refractivity contribution in [3.63, 3.8) is 0 Å². The Morgan fingerprint density at radius 1 is 0.296 bits per heavy atom. The summed E-state index contributed by atoms with van der Waals surface area (Å²) in [6.45, 7) is 9.66. The molecule has 9 aromatic carbocycles. The standard InChI is InChI=1S/C54H40/c1-53(2)46-21-13-12-20-45(46)51-47(53)29-28-44-39-27-26-38(32-48(39)54(3,4)52(44)51)50-42-18-10-8-16-40(42)49(41-17-9-11-19-43(41)50)37-25-24-35-30-34(22-23-36(35)31-37)33-14-6-5-7-15-33/h5-32H,1-4H3. The van der Waals surface area contributed by atoms with E-state index < -0.39 is 0 Å². The quantitative estimate of drug-likeness (QED) is 0.162. The lowest BCUT2D eigenvalue weighted by atomic mass is 9.76. The summed E-state index contributed by atoms with van der Waals surface area (Å²) in [5, 5.41) is 7.65. The molecule has 2 aliphatic carbocycles. The van der Waals surface area contributed by atoms with Crippen LogP contribution in [0.5, 0.6) is 0 Å². The molecule has 0 spiro atoms. The van der Waals surface area contributed by atoms with Crippen molar-refractivity contribution in [2.45, 2.75) is 38.5 Å². The summed E-state index contributed by atoms with van der Waals surface area (Å²) in [5.74, 6) is 0. The van der Waals surface area contributed by atoms with Crippen LogP contribution in [0.1, 0.15) is 49.9 Å². The minimum Gasteiger partial charge on any atom is -0.0622 e. The van der Waals surface area contributed by atoms with Gasteiger partial charge in [0, 0.05) is 10.8 Å². The summed E-state index contributed by atoms with van der Waals surface area (Å²) in [6.07, 6.45) is 0. The average Bonchev–Trinajstić information content (AvgIpc) is 3.59. The summed E-state index contributed by atoms with van der Waals surface area (Å²) in [6, 6.07) is 63.7. The Bertz CT molecular complexity index is 2970. The number of benzene rings is 9. The SMILES string of the molecule is CC1(C)c2ccccc2-c2c1ccc1c2C(C)(C)c2cc(-c3c4ccccc4c(-c4ccc5cc(-c6ccccc6)ccc5c4)c4ccccc34)ccc2-1. The molecular formula is C54H40. The first-order valence-electron chi connectivity index (χ1n) is 19.3. The van der Waals surface area contributed by atoms with Crippen molar-refractivity contribution in [3.05, 3.63) is 192 Å². The molecule has 0 heteroatoms. The molecule has 0 N–H and O–H groups in total. The third-order valence-corrected chi connectivity index (χ3v) is 12.8. The molecule has 0 bridgehead atoms. The molecule has 9 aromatic rings. The molecule has 0 saturated carbocycles. The molecule has 0 aromatic heterocycles. The second kappa shape index (κ2) is 11.1. The molecular weight excluding hydrogens is 649 g/mol. The van der Waals surface area contributed by atoms with Crippen molar-refractivity contribution in [1.29, 1.82) is 0 Å². The topological polar surface area (TPSA) is 0 Å². The second-order valence-electron chi connectivity index (χ2n) is 16.5. The minimum absolute atomic E-state index is 0.0211. The van der Waals surface area contributed by atoms with Crippen LogP contribution >= 0.6 is 0 Å². The Morgan fingerprint density at radius 3 is 1.48 bits per heavy atom. The molecule has 256 valence electrons. The molecule has 0 saturated heterocycles. The zero-order valence-corrected chi connectivity index (χ0v) is 31.2. The van der Waals surface area contributed by atoms with E-state index in [-0.39, 0.29) is 10.8 Å². The van der Waals surface area contributed by atoms with E-state index in [0.717, 1.165) is 0 Å². The van der Waals surface area contributed by atoms with Gasteiger partial charge in [-0.2, -0.15) is 0 Å². The van der Waals surface area contributed by atoms with Gasteiger partial charge < -0.3 is 0 Å². The van der Waals surface area contributed by atoms with Crippen LogP contribution < -0.4 is 0 Å². The van der Waals surface area contributed by atoms with Gasteiger partial charge in [0.05, 0.1) is 0 Å². The summed E-state index contributed by atoms with van der Waals surface area (Å²) in [4.78, 5) is 0. The van der Waals surface area contributed by atoms with Crippen LogP contribution in [0.15, 0.2) is 170 Å². The molecule has 0 radical (unpaired) electrons. The van der Waals surface area contributed by atoms with E-state index >= 15 is 0 Å². The lowest BCUT2D eigenvalue weighted by Gasteiger charge is -2.26. The molecule has 0 aliphatic heterocycles. The van der Waals surface area contributed by atoms with Gasteiger partial charge in [-0.15, -0.1) is 0 Å². The summed E-state index contributed by atoms with van der Waals surface area (Å²) < 4.78 is 0. The Balaban J connectivity index is 1.09. The van der Waals surface area contributed by atoms with Gasteiger partial charge >= 0.3 is 0 Å². The van der Waals surface area contributed by atoms with Crippen LogP contribution in [-0.4, -0.2) is 0 Å². The van der Waals surface area contributed by atoms with Crippen molar-refractivity contribution >= 4 is 32.3 Å². The highest BCUT2D eigenvalue weighted by atomic mass is 14.5. The molecule has 54 heavy (non-hydrogen) atoms. The maximum absolute atomic E-state index is 2.52. The molecule has 0 unspecified atom stereocenters. The second-order valence-corrected chi connectivity index (χ2v) is 16.5. The van der Waals surface area contributed by atoms with E-state index in [4.69, 9.17) is 0 Å². The van der Waals surface area contributed by atoms with Crippen molar-refractivity contribution in [3.8, 4) is 55.6 Å². The van der Waals surface area contributed by atoms with Gasteiger partial charge in [0.1, 0.15) is 0 Å². The van der Waals surface area contributed by atoms with Crippen LogP contribution in [0.4, 0.5) is 0 Å². The first kappa shape index (κ1) is 31.3. The fraction of sp³-hybridized carbons (Fsp3) is 0.111. The van der Waals surface area contributed by atoms with Crippen molar-refractivity contribution in [2.24, 2.45) is 0 Å². The zero-order chi connectivity index (χ0) is 36.3. The maximum Gasteiger partial charge on any atom is 0.0165 e. The molecule has 0 heterocycles. The predicted octanol–water partition coefficient (Wildman–Crippen LogP) is 14.8. The van der Waals surface area contributed by atoms with E-state index in [1.165, 1.54) is 110 Å². The van der Waals surface area contributed by atoms with Crippen molar-refractivity contribution in [2.75, 3.05) is 0 Å². The fourth-order valence-corrected chi connectivity index (χ4v) is 10.2. The number of hydrogen-bond acceptors (Lipinski definition) is 0. The van der Waals surface area contributed by atoms with Crippen LogP contribution in [0, 0.1) is 0 Å². The molecule has 0 amide bonds. The normalized spacial score (nSPS) is 14.6. The van der Waals surface area contributed by atoms with Gasteiger partial charge in [-0.3, -0.25) is 0 Å². The summed E-state index contributed by atoms with van der Waals surface area (Å²) in [5.41, 5.74) is 18.8. The fourth-order valence-electron chi connectivity index (χ4n) is 10.2. The van der Waals surface area contributed by atoms with Gasteiger partial charge in [0.2, 0.25) is 0 Å². The van der Waals surface area contributed by atoms with Gasteiger partial charge in [-0.05, 0) is 128 Å². The van der Waals surface area contributed by atoms with Crippen LogP contribution in [0.2, 0.25) is 0 Å².